The van der Waals surface area contributed by atoms with Crippen LogP contribution >= 0.6 is 0 Å². The molecule has 15 heavy (non-hydrogen) atoms. The summed E-state index contributed by atoms with van der Waals surface area (Å²) in [7, 11) is 0. The van der Waals surface area contributed by atoms with Crippen LogP contribution in [0.3, 0.4) is 0 Å². The van der Waals surface area contributed by atoms with Crippen molar-refractivity contribution in [2.75, 3.05) is 6.61 Å². The molecule has 0 radical (unpaired) electrons. The van der Waals surface area contributed by atoms with Gasteiger partial charge < -0.3 is 9.94 Å². The largest absolute Gasteiger partial charge is 0.479 e. The molecule has 0 saturated heterocycles. The lowest BCUT2D eigenvalue weighted by molar-refractivity contribution is -0.142. The maximum Gasteiger partial charge on any atom is 0.344 e. The molecule has 0 spiro atoms. The summed E-state index contributed by atoms with van der Waals surface area (Å²) in [5.74, 6) is -1.47. The highest BCUT2D eigenvalue weighted by Crippen LogP contribution is 1.97. The average molecular weight is 207 g/mol. The Kier molecular flexibility index (Phi) is 4.03. The molecule has 1 N–H and O–H groups in total. The van der Waals surface area contributed by atoms with Crippen LogP contribution in [0.1, 0.15) is 10.4 Å². The van der Waals surface area contributed by atoms with Crippen molar-refractivity contribution in [1.82, 2.24) is 0 Å². The number of hydrogen-bond acceptors (Lipinski definition) is 4. The third-order valence-corrected chi connectivity index (χ3v) is 1.49. The van der Waals surface area contributed by atoms with Crippen molar-refractivity contribution in [2.24, 2.45) is 5.16 Å². The van der Waals surface area contributed by atoms with Gasteiger partial charge in [-0.05, 0) is 0 Å². The molecule has 0 saturated carbocycles. The Bertz CT molecular complexity index is 372. The smallest absolute Gasteiger partial charge is 0.344 e. The van der Waals surface area contributed by atoms with Crippen molar-refractivity contribution < 1.29 is 19.5 Å². The maximum absolute atomic E-state index is 11.3. The van der Waals surface area contributed by atoms with Gasteiger partial charge in [0.1, 0.15) is 6.21 Å². The number of carbonyl (C=O) groups is 2. The van der Waals surface area contributed by atoms with Gasteiger partial charge in [-0.15, -0.1) is 0 Å². The number of carboxylic acid groups (broad SMARTS) is 1. The van der Waals surface area contributed by atoms with Crippen LogP contribution in [0.2, 0.25) is 0 Å². The van der Waals surface area contributed by atoms with Crippen LogP contribution in [0.4, 0.5) is 0 Å². The fourth-order valence-electron chi connectivity index (χ4n) is 0.855. The summed E-state index contributed by atoms with van der Waals surface area (Å²) in [6.07, 6.45) is 0.943. The molecule has 78 valence electrons. The first-order valence-corrected chi connectivity index (χ1v) is 4.16. The Morgan fingerprint density at radius 2 is 2.00 bits per heavy atom. The number of carbonyl (C=O) groups excluding carboxylic acids is 1. The van der Waals surface area contributed by atoms with E-state index in [0.29, 0.717) is 5.56 Å². The van der Waals surface area contributed by atoms with Crippen molar-refractivity contribution in [1.29, 1.82) is 0 Å². The van der Waals surface area contributed by atoms with E-state index in [0.717, 1.165) is 6.21 Å². The minimum atomic E-state index is -1.14. The minimum absolute atomic E-state index is 0.332. The molecule has 1 rings (SSSR count). The summed E-state index contributed by atoms with van der Waals surface area (Å²) < 4.78 is 0. The quantitative estimate of drug-likeness (QED) is 0.443. The van der Waals surface area contributed by atoms with Crippen LogP contribution in [0.15, 0.2) is 35.5 Å². The summed E-state index contributed by atoms with van der Waals surface area (Å²) in [6, 6.07) is 8.49. The van der Waals surface area contributed by atoms with Crippen molar-refractivity contribution in [2.45, 2.75) is 0 Å². The third-order valence-electron chi connectivity index (χ3n) is 1.49. The van der Waals surface area contributed by atoms with E-state index >= 15 is 0 Å². The van der Waals surface area contributed by atoms with Crippen LogP contribution in [-0.4, -0.2) is 29.7 Å². The molecule has 1 aromatic rings. The van der Waals surface area contributed by atoms with E-state index in [1.807, 2.05) is 0 Å². The number of carboxylic acids is 1. The molecule has 5 heteroatoms. The maximum atomic E-state index is 11.3. The van der Waals surface area contributed by atoms with Crippen LogP contribution in [0.5, 0.6) is 0 Å². The fraction of sp³-hybridized carbons (Fsp3) is 0.100. The van der Waals surface area contributed by atoms with Crippen molar-refractivity contribution in [3.63, 3.8) is 0 Å². The zero-order valence-corrected chi connectivity index (χ0v) is 7.79. The Balaban J connectivity index is 2.46. The number of rotatable bonds is 5. The first kappa shape index (κ1) is 10.9. The van der Waals surface area contributed by atoms with E-state index in [2.05, 4.69) is 9.99 Å². The summed E-state index contributed by atoms with van der Waals surface area (Å²) in [5, 5.41) is 11.4. The second-order valence-electron chi connectivity index (χ2n) is 2.63. The Labute approximate surface area is 86.0 Å². The number of hydrogen-bond donors (Lipinski definition) is 1. The van der Waals surface area contributed by atoms with Crippen LogP contribution in [0.25, 0.3) is 0 Å². The van der Waals surface area contributed by atoms with E-state index in [4.69, 9.17) is 5.11 Å². The van der Waals surface area contributed by atoms with E-state index in [1.54, 1.807) is 30.3 Å². The topological polar surface area (TPSA) is 76.0 Å². The van der Waals surface area contributed by atoms with E-state index in [-0.39, 0.29) is 5.78 Å². The highest BCUT2D eigenvalue weighted by Gasteiger charge is 2.00. The Hall–Kier alpha value is -2.17. The lowest BCUT2D eigenvalue weighted by Gasteiger charge is -1.94. The van der Waals surface area contributed by atoms with Crippen molar-refractivity contribution >= 4 is 18.0 Å². The van der Waals surface area contributed by atoms with Crippen LogP contribution in [0, 0.1) is 0 Å². The lowest BCUT2D eigenvalue weighted by atomic mass is 10.1. The van der Waals surface area contributed by atoms with E-state index in [1.165, 1.54) is 0 Å². The lowest BCUT2D eigenvalue weighted by Crippen LogP contribution is -2.05. The number of nitrogens with zero attached hydrogens (tertiary/aromatic N) is 1. The zero-order chi connectivity index (χ0) is 11.1. The molecule has 0 unspecified atom stereocenters. The Morgan fingerprint density at radius 3 is 2.60 bits per heavy atom. The normalized spacial score (nSPS) is 10.1. The molecule has 1 aromatic carbocycles. The summed E-state index contributed by atoms with van der Waals surface area (Å²) >= 11 is 0. The van der Waals surface area contributed by atoms with Gasteiger partial charge >= 0.3 is 5.97 Å². The van der Waals surface area contributed by atoms with Crippen molar-refractivity contribution in [3.05, 3.63) is 35.9 Å². The number of Topliss-reactive ketones (excluding diaryl/α,β-unsaturated/α-hetero) is 1. The van der Waals surface area contributed by atoms with Crippen LogP contribution < -0.4 is 0 Å². The SMILES string of the molecule is O=C(O)CON=CC(=O)c1ccccc1. The van der Waals surface area contributed by atoms with Gasteiger partial charge in [-0.2, -0.15) is 0 Å². The first-order chi connectivity index (χ1) is 7.20. The fourth-order valence-corrected chi connectivity index (χ4v) is 0.855. The molecule has 5 nitrogen and oxygen atoms in total. The molecule has 0 fully saturated rings. The standard InChI is InChI=1S/C10H9NO4/c12-9(6-11-15-7-10(13)14)8-4-2-1-3-5-8/h1-6H,7H2,(H,13,14). The highest BCUT2D eigenvalue weighted by molar-refractivity contribution is 6.35. The van der Waals surface area contributed by atoms with Crippen molar-refractivity contribution in [3.8, 4) is 0 Å². The second-order valence-corrected chi connectivity index (χ2v) is 2.63. The van der Waals surface area contributed by atoms with Gasteiger partial charge in [0, 0.05) is 5.56 Å². The van der Waals surface area contributed by atoms with Gasteiger partial charge in [-0.3, -0.25) is 4.79 Å². The van der Waals surface area contributed by atoms with Gasteiger partial charge in [0.25, 0.3) is 0 Å². The molecule has 0 aromatic heterocycles. The molecular formula is C10H9NO4. The molecule has 0 heterocycles. The molecule has 0 aliphatic rings. The predicted molar refractivity (Wildman–Crippen MR) is 52.9 cm³/mol. The van der Waals surface area contributed by atoms with Gasteiger partial charge in [0.2, 0.25) is 12.4 Å². The monoisotopic (exact) mass is 207 g/mol. The molecular weight excluding hydrogens is 198 g/mol. The number of ketones is 1. The first-order valence-electron chi connectivity index (χ1n) is 4.16. The summed E-state index contributed by atoms with van der Waals surface area (Å²) in [6.45, 7) is -0.557. The van der Waals surface area contributed by atoms with Gasteiger partial charge in [0.15, 0.2) is 0 Å². The van der Waals surface area contributed by atoms with E-state index < -0.39 is 12.6 Å². The number of aliphatic carboxylic acids is 1. The van der Waals surface area contributed by atoms with Gasteiger partial charge in [-0.25, -0.2) is 4.79 Å². The van der Waals surface area contributed by atoms with Gasteiger partial charge in [-0.1, -0.05) is 35.5 Å². The summed E-state index contributed by atoms with van der Waals surface area (Å²) in [5.41, 5.74) is 0.472. The molecule has 0 bridgehead atoms. The molecule has 0 aliphatic carbocycles. The highest BCUT2D eigenvalue weighted by atomic mass is 16.6. The van der Waals surface area contributed by atoms with Gasteiger partial charge in [0.05, 0.1) is 0 Å². The number of benzene rings is 1. The summed E-state index contributed by atoms with van der Waals surface area (Å²) in [4.78, 5) is 25.7. The number of oxime groups is 1. The second kappa shape index (κ2) is 5.54. The molecule has 0 amide bonds. The van der Waals surface area contributed by atoms with E-state index in [9.17, 15) is 9.59 Å². The predicted octanol–water partition coefficient (Wildman–Crippen LogP) is 0.956. The third kappa shape index (κ3) is 4.04. The minimum Gasteiger partial charge on any atom is -0.479 e. The Morgan fingerprint density at radius 1 is 1.33 bits per heavy atom. The van der Waals surface area contributed by atoms with Crippen LogP contribution in [-0.2, 0) is 9.63 Å². The zero-order valence-electron chi connectivity index (χ0n) is 7.79. The molecule has 0 aliphatic heterocycles. The average Bonchev–Trinajstić information content (AvgIpc) is 2.25. The molecule has 0 atom stereocenters.